The lowest BCUT2D eigenvalue weighted by Gasteiger charge is -2.08. The second kappa shape index (κ2) is 8.20. The van der Waals surface area contributed by atoms with E-state index in [2.05, 4.69) is 15.3 Å². The van der Waals surface area contributed by atoms with Gasteiger partial charge in [0.05, 0.1) is 33.0 Å². The minimum Gasteiger partial charge on any atom is -0.459 e. The van der Waals surface area contributed by atoms with Crippen molar-refractivity contribution in [1.29, 1.82) is 0 Å². The molecular formula is C21H20N4O4S2. The average Bonchev–Trinajstić information content (AvgIpc) is 3.22. The van der Waals surface area contributed by atoms with Crippen LogP contribution in [0.15, 0.2) is 29.3 Å². The lowest BCUT2D eigenvalue weighted by Crippen LogP contribution is -2.27. The highest BCUT2D eigenvalue weighted by molar-refractivity contribution is 7.20. The monoisotopic (exact) mass is 456 g/mol. The smallest absolute Gasteiger partial charge is 0.348 e. The molecule has 3 aromatic heterocycles. The molecule has 0 saturated heterocycles. The number of nitrogens with one attached hydrogen (secondary N) is 1. The predicted octanol–water partition coefficient (Wildman–Crippen LogP) is 3.89. The van der Waals surface area contributed by atoms with Crippen LogP contribution in [0.4, 0.5) is 5.69 Å². The first kappa shape index (κ1) is 21.1. The van der Waals surface area contributed by atoms with Crippen LogP contribution >= 0.6 is 22.7 Å². The third kappa shape index (κ3) is 4.21. The van der Waals surface area contributed by atoms with Gasteiger partial charge in [0, 0.05) is 5.69 Å². The molecule has 0 unspecified atom stereocenters. The van der Waals surface area contributed by atoms with Crippen molar-refractivity contribution in [3.63, 3.8) is 0 Å². The van der Waals surface area contributed by atoms with Gasteiger partial charge in [-0.1, -0.05) is 0 Å². The second-order valence-corrected chi connectivity index (χ2v) is 9.57. The van der Waals surface area contributed by atoms with Crippen LogP contribution in [0.5, 0.6) is 0 Å². The number of hydrogen-bond acceptors (Lipinski definition) is 8. The summed E-state index contributed by atoms with van der Waals surface area (Å²) in [4.78, 5) is 47.3. The molecule has 0 fully saturated rings. The van der Waals surface area contributed by atoms with Crippen molar-refractivity contribution < 1.29 is 14.3 Å². The Balaban J connectivity index is 1.58. The second-order valence-electron chi connectivity index (χ2n) is 7.33. The number of aromatic nitrogens is 3. The average molecular weight is 457 g/mol. The Labute approximate surface area is 185 Å². The maximum atomic E-state index is 13.0. The van der Waals surface area contributed by atoms with Gasteiger partial charge in [-0.2, -0.15) is 0 Å². The molecule has 0 aliphatic heterocycles. The number of anilines is 1. The summed E-state index contributed by atoms with van der Waals surface area (Å²) in [6.45, 7) is 6.95. The Morgan fingerprint density at radius 3 is 2.74 bits per heavy atom. The number of esters is 1. The molecule has 1 N–H and O–H groups in total. The van der Waals surface area contributed by atoms with Crippen molar-refractivity contribution in [1.82, 2.24) is 14.5 Å². The van der Waals surface area contributed by atoms with Crippen LogP contribution in [0.3, 0.4) is 0 Å². The number of amides is 1. The predicted molar refractivity (Wildman–Crippen MR) is 122 cm³/mol. The number of ether oxygens (including phenoxy) is 1. The maximum absolute atomic E-state index is 13.0. The van der Waals surface area contributed by atoms with Crippen LogP contribution in [-0.2, 0) is 16.1 Å². The summed E-state index contributed by atoms with van der Waals surface area (Å²) < 4.78 is 7.46. The number of nitrogens with zero attached hydrogens (tertiary/aromatic N) is 3. The van der Waals surface area contributed by atoms with E-state index in [-0.39, 0.29) is 24.1 Å². The Morgan fingerprint density at radius 2 is 2.00 bits per heavy atom. The standard InChI is InChI=1S/C21H20N4O4S2/c1-10(2)29-21(28)18-11(3)17-19(31-18)22-9-25(20(17)27)8-16(26)24-13-5-6-14-15(7-13)30-12(4)23-14/h5-7,9-10H,8H2,1-4H3,(H,24,26). The van der Waals surface area contributed by atoms with Crippen molar-refractivity contribution in [2.24, 2.45) is 0 Å². The number of carbonyl (C=O) groups excluding carboxylic acids is 2. The molecule has 0 radical (unpaired) electrons. The molecule has 10 heteroatoms. The molecule has 3 heterocycles. The molecule has 1 amide bonds. The molecule has 0 aliphatic carbocycles. The summed E-state index contributed by atoms with van der Waals surface area (Å²) in [5.74, 6) is -0.830. The van der Waals surface area contributed by atoms with Gasteiger partial charge < -0.3 is 10.1 Å². The molecule has 0 aliphatic rings. The number of thiophene rings is 1. The highest BCUT2D eigenvalue weighted by Crippen LogP contribution is 2.28. The fraction of sp³-hybridized carbons (Fsp3) is 0.286. The lowest BCUT2D eigenvalue weighted by atomic mass is 10.2. The molecule has 4 rings (SSSR count). The molecule has 0 bridgehead atoms. The number of fused-ring (bicyclic) bond motifs is 2. The largest absolute Gasteiger partial charge is 0.459 e. The van der Waals surface area contributed by atoms with Gasteiger partial charge in [0.15, 0.2) is 0 Å². The van der Waals surface area contributed by atoms with Gasteiger partial charge >= 0.3 is 5.97 Å². The fourth-order valence-electron chi connectivity index (χ4n) is 3.21. The number of aryl methyl sites for hydroxylation is 2. The van der Waals surface area contributed by atoms with E-state index in [9.17, 15) is 14.4 Å². The highest BCUT2D eigenvalue weighted by Gasteiger charge is 2.21. The van der Waals surface area contributed by atoms with Gasteiger partial charge in [-0.05, 0) is 51.5 Å². The third-order valence-electron chi connectivity index (χ3n) is 4.54. The first-order valence-corrected chi connectivity index (χ1v) is 11.2. The minimum atomic E-state index is -0.479. The molecule has 8 nitrogen and oxygen atoms in total. The summed E-state index contributed by atoms with van der Waals surface area (Å²) in [5.41, 5.74) is 1.66. The fourth-order valence-corrected chi connectivity index (χ4v) is 5.10. The normalized spacial score (nSPS) is 11.4. The minimum absolute atomic E-state index is 0.192. The van der Waals surface area contributed by atoms with E-state index in [0.717, 1.165) is 26.6 Å². The van der Waals surface area contributed by atoms with Gasteiger partial charge in [0.1, 0.15) is 16.3 Å². The first-order chi connectivity index (χ1) is 14.7. The van der Waals surface area contributed by atoms with E-state index in [4.69, 9.17) is 4.74 Å². The van der Waals surface area contributed by atoms with Crippen LogP contribution in [0.2, 0.25) is 0 Å². The van der Waals surface area contributed by atoms with Crippen LogP contribution in [-0.4, -0.2) is 32.5 Å². The Kier molecular flexibility index (Phi) is 5.59. The van der Waals surface area contributed by atoms with E-state index < -0.39 is 5.97 Å². The highest BCUT2D eigenvalue weighted by atomic mass is 32.1. The Morgan fingerprint density at radius 1 is 1.23 bits per heavy atom. The zero-order valence-electron chi connectivity index (χ0n) is 17.4. The van der Waals surface area contributed by atoms with E-state index in [1.807, 2.05) is 19.1 Å². The zero-order chi connectivity index (χ0) is 22.3. The quantitative estimate of drug-likeness (QED) is 0.457. The number of benzene rings is 1. The van der Waals surface area contributed by atoms with Crippen LogP contribution < -0.4 is 10.9 Å². The Bertz CT molecular complexity index is 1380. The SMILES string of the molecule is Cc1nc2ccc(NC(=O)Cn3cnc4sc(C(=O)OC(C)C)c(C)c4c3=O)cc2s1. The molecule has 31 heavy (non-hydrogen) atoms. The lowest BCUT2D eigenvalue weighted by molar-refractivity contribution is -0.116. The third-order valence-corrected chi connectivity index (χ3v) is 6.65. The number of thiazole rings is 1. The van der Waals surface area contributed by atoms with Crippen molar-refractivity contribution in [3.05, 3.63) is 50.3 Å². The molecule has 4 aromatic rings. The van der Waals surface area contributed by atoms with Gasteiger partial charge in [0.25, 0.3) is 5.56 Å². The van der Waals surface area contributed by atoms with Crippen molar-refractivity contribution in [3.8, 4) is 0 Å². The van der Waals surface area contributed by atoms with Crippen molar-refractivity contribution in [2.75, 3.05) is 5.32 Å². The van der Waals surface area contributed by atoms with E-state index in [1.165, 1.54) is 10.9 Å². The van der Waals surface area contributed by atoms with Crippen molar-refractivity contribution >= 4 is 60.7 Å². The van der Waals surface area contributed by atoms with Gasteiger partial charge in [-0.15, -0.1) is 22.7 Å². The first-order valence-electron chi connectivity index (χ1n) is 9.59. The van der Waals surface area contributed by atoms with E-state index in [0.29, 0.717) is 26.3 Å². The zero-order valence-corrected chi connectivity index (χ0v) is 19.0. The van der Waals surface area contributed by atoms with Crippen LogP contribution in [0.25, 0.3) is 20.4 Å². The summed E-state index contributed by atoms with van der Waals surface area (Å²) in [6.07, 6.45) is 1.06. The van der Waals surface area contributed by atoms with Crippen LogP contribution in [0, 0.1) is 13.8 Å². The molecule has 0 spiro atoms. The van der Waals surface area contributed by atoms with Gasteiger partial charge in [0.2, 0.25) is 5.91 Å². The molecule has 0 atom stereocenters. The molecule has 1 aromatic carbocycles. The van der Waals surface area contributed by atoms with E-state index in [1.54, 1.807) is 38.2 Å². The summed E-state index contributed by atoms with van der Waals surface area (Å²) in [5, 5.41) is 4.09. The van der Waals surface area contributed by atoms with Crippen LogP contribution in [0.1, 0.15) is 34.1 Å². The summed E-state index contributed by atoms with van der Waals surface area (Å²) in [7, 11) is 0. The summed E-state index contributed by atoms with van der Waals surface area (Å²) >= 11 is 2.66. The maximum Gasteiger partial charge on any atom is 0.348 e. The number of rotatable bonds is 5. The van der Waals surface area contributed by atoms with Gasteiger partial charge in [-0.3, -0.25) is 14.2 Å². The molecule has 160 valence electrons. The van der Waals surface area contributed by atoms with Gasteiger partial charge in [-0.25, -0.2) is 14.8 Å². The number of hydrogen-bond donors (Lipinski definition) is 1. The van der Waals surface area contributed by atoms with Crippen molar-refractivity contribution in [2.45, 2.75) is 40.3 Å². The summed E-state index contributed by atoms with van der Waals surface area (Å²) in [6, 6.07) is 5.48. The topological polar surface area (TPSA) is 103 Å². The molecular weight excluding hydrogens is 436 g/mol. The number of carbonyl (C=O) groups is 2. The van der Waals surface area contributed by atoms with E-state index >= 15 is 0 Å². The Hall–Kier alpha value is -3.11. The molecule has 0 saturated carbocycles.